The molecule has 0 unspecified atom stereocenters. The van der Waals surface area contributed by atoms with Crippen molar-refractivity contribution in [2.24, 2.45) is 0 Å². The van der Waals surface area contributed by atoms with Crippen molar-refractivity contribution in [1.82, 2.24) is 4.98 Å². The number of amides is 1. The molecule has 8 heteroatoms. The van der Waals surface area contributed by atoms with Crippen molar-refractivity contribution < 1.29 is 18.7 Å². The maximum absolute atomic E-state index is 13.8. The minimum atomic E-state index is -0.515. The Bertz CT molecular complexity index is 1220. The van der Waals surface area contributed by atoms with Crippen molar-refractivity contribution in [2.45, 2.75) is 0 Å². The monoisotopic (exact) mass is 397 g/mol. The quantitative estimate of drug-likeness (QED) is 0.532. The third kappa shape index (κ3) is 2.97. The van der Waals surface area contributed by atoms with Gasteiger partial charge in [-0.3, -0.25) is 4.79 Å². The molecule has 2 aromatic carbocycles. The van der Waals surface area contributed by atoms with E-state index in [0.717, 1.165) is 16.7 Å². The van der Waals surface area contributed by atoms with Gasteiger partial charge in [-0.2, -0.15) is 0 Å². The van der Waals surface area contributed by atoms with Crippen LogP contribution in [0.15, 0.2) is 42.5 Å². The lowest BCUT2D eigenvalue weighted by Crippen LogP contribution is -2.12. The first kappa shape index (κ1) is 18.0. The summed E-state index contributed by atoms with van der Waals surface area (Å²) < 4.78 is 24.5. The number of rotatable bonds is 4. The first-order valence-electron chi connectivity index (χ1n) is 8.32. The molecule has 4 aromatic rings. The molecule has 0 aliphatic carbocycles. The zero-order valence-corrected chi connectivity index (χ0v) is 15.9. The predicted octanol–water partition coefficient (Wildman–Crippen LogP) is 4.44. The Morgan fingerprint density at radius 2 is 1.86 bits per heavy atom. The van der Waals surface area contributed by atoms with Crippen molar-refractivity contribution in [3.8, 4) is 11.5 Å². The molecule has 0 radical (unpaired) electrons. The van der Waals surface area contributed by atoms with Crippen LogP contribution in [0.2, 0.25) is 0 Å². The van der Waals surface area contributed by atoms with Gasteiger partial charge in [0.2, 0.25) is 0 Å². The SMILES string of the molecule is COc1cc2cc3c(N)c(C(=O)Nc4ccccc4F)sc3nc2cc1OC. The van der Waals surface area contributed by atoms with Crippen molar-refractivity contribution in [3.05, 3.63) is 53.2 Å². The fraction of sp³-hybridized carbons (Fsp3) is 0.100. The van der Waals surface area contributed by atoms with Crippen LogP contribution in [0.3, 0.4) is 0 Å². The van der Waals surface area contributed by atoms with Gasteiger partial charge in [0, 0.05) is 16.8 Å². The second kappa shape index (κ2) is 6.97. The Morgan fingerprint density at radius 3 is 2.57 bits per heavy atom. The number of thiophene rings is 1. The van der Waals surface area contributed by atoms with E-state index < -0.39 is 11.7 Å². The number of aromatic nitrogens is 1. The molecule has 0 aliphatic rings. The van der Waals surface area contributed by atoms with Crippen molar-refractivity contribution in [1.29, 1.82) is 0 Å². The predicted molar refractivity (Wildman–Crippen MR) is 109 cm³/mol. The Balaban J connectivity index is 1.80. The van der Waals surface area contributed by atoms with E-state index in [-0.39, 0.29) is 10.6 Å². The van der Waals surface area contributed by atoms with Gasteiger partial charge in [0.25, 0.3) is 5.91 Å². The lowest BCUT2D eigenvalue weighted by atomic mass is 10.1. The highest BCUT2D eigenvalue weighted by Gasteiger charge is 2.19. The molecule has 2 heterocycles. The topological polar surface area (TPSA) is 86.5 Å². The lowest BCUT2D eigenvalue weighted by molar-refractivity contribution is 0.103. The molecule has 0 saturated heterocycles. The van der Waals surface area contributed by atoms with Gasteiger partial charge in [0.15, 0.2) is 11.5 Å². The van der Waals surface area contributed by atoms with E-state index in [1.54, 1.807) is 38.5 Å². The number of pyridine rings is 1. The van der Waals surface area contributed by atoms with Crippen LogP contribution in [-0.4, -0.2) is 25.1 Å². The number of carbonyl (C=O) groups is 1. The van der Waals surface area contributed by atoms with Crippen LogP contribution in [0.25, 0.3) is 21.1 Å². The molecule has 0 aliphatic heterocycles. The van der Waals surface area contributed by atoms with Gasteiger partial charge in [-0.25, -0.2) is 9.37 Å². The van der Waals surface area contributed by atoms with E-state index in [1.165, 1.54) is 12.1 Å². The van der Waals surface area contributed by atoms with Crippen LogP contribution in [-0.2, 0) is 0 Å². The van der Waals surface area contributed by atoms with Crippen LogP contribution in [0, 0.1) is 5.82 Å². The minimum absolute atomic E-state index is 0.0944. The molecule has 2 aromatic heterocycles. The number of hydrogen-bond donors (Lipinski definition) is 2. The van der Waals surface area contributed by atoms with Crippen molar-refractivity contribution in [2.75, 3.05) is 25.3 Å². The molecule has 4 rings (SSSR count). The molecule has 142 valence electrons. The van der Waals surface area contributed by atoms with Gasteiger partial charge >= 0.3 is 0 Å². The van der Waals surface area contributed by atoms with E-state index in [2.05, 4.69) is 10.3 Å². The lowest BCUT2D eigenvalue weighted by Gasteiger charge is -2.08. The number of methoxy groups -OCH3 is 2. The van der Waals surface area contributed by atoms with Gasteiger partial charge in [-0.05, 0) is 24.3 Å². The summed E-state index contributed by atoms with van der Waals surface area (Å²) >= 11 is 1.15. The summed E-state index contributed by atoms with van der Waals surface area (Å²) in [5.74, 6) is 0.134. The third-order valence-corrected chi connectivity index (χ3v) is 5.46. The number of nitrogens with zero attached hydrogens (tertiary/aromatic N) is 1. The summed E-state index contributed by atoms with van der Waals surface area (Å²) in [5, 5.41) is 4.01. The average molecular weight is 397 g/mol. The number of nitrogens with one attached hydrogen (secondary N) is 1. The maximum atomic E-state index is 13.8. The first-order valence-corrected chi connectivity index (χ1v) is 9.14. The normalized spacial score (nSPS) is 11.0. The van der Waals surface area contributed by atoms with Gasteiger partial charge in [-0.1, -0.05) is 12.1 Å². The molecular formula is C20H16FN3O3S. The summed E-state index contributed by atoms with van der Waals surface area (Å²) in [5.41, 5.74) is 7.29. The number of anilines is 2. The number of para-hydroxylation sites is 1. The van der Waals surface area contributed by atoms with Crippen LogP contribution < -0.4 is 20.5 Å². The molecule has 0 bridgehead atoms. The van der Waals surface area contributed by atoms with Crippen molar-refractivity contribution >= 4 is 49.7 Å². The zero-order chi connectivity index (χ0) is 19.8. The number of nitrogens with two attached hydrogens (primary N) is 1. The zero-order valence-electron chi connectivity index (χ0n) is 15.1. The van der Waals surface area contributed by atoms with E-state index in [4.69, 9.17) is 15.2 Å². The number of halogens is 1. The molecule has 0 fully saturated rings. The Labute approximate surface area is 163 Å². The number of hydrogen-bond acceptors (Lipinski definition) is 6. The molecule has 6 nitrogen and oxygen atoms in total. The molecule has 3 N–H and O–H groups in total. The largest absolute Gasteiger partial charge is 0.493 e. The smallest absolute Gasteiger partial charge is 0.268 e. The summed E-state index contributed by atoms with van der Waals surface area (Å²) in [6.45, 7) is 0. The van der Waals surface area contributed by atoms with Crippen LogP contribution in [0.5, 0.6) is 11.5 Å². The number of fused-ring (bicyclic) bond motifs is 2. The number of ether oxygens (including phenoxy) is 2. The van der Waals surface area contributed by atoms with Gasteiger partial charge < -0.3 is 20.5 Å². The maximum Gasteiger partial charge on any atom is 0.268 e. The fourth-order valence-corrected chi connectivity index (χ4v) is 3.92. The molecular weight excluding hydrogens is 381 g/mol. The van der Waals surface area contributed by atoms with E-state index in [9.17, 15) is 9.18 Å². The number of carbonyl (C=O) groups excluding carboxylic acids is 1. The minimum Gasteiger partial charge on any atom is -0.493 e. The fourth-order valence-electron chi connectivity index (χ4n) is 2.94. The first-order chi connectivity index (χ1) is 13.5. The number of benzene rings is 2. The van der Waals surface area contributed by atoms with Crippen LogP contribution in [0.4, 0.5) is 15.8 Å². The van der Waals surface area contributed by atoms with E-state index in [0.29, 0.717) is 32.9 Å². The summed E-state index contributed by atoms with van der Waals surface area (Å²) in [4.78, 5) is 18.1. The van der Waals surface area contributed by atoms with Crippen LogP contribution >= 0.6 is 11.3 Å². The molecule has 0 atom stereocenters. The second-order valence-electron chi connectivity index (χ2n) is 6.02. The Hall–Kier alpha value is -3.39. The van der Waals surface area contributed by atoms with E-state index >= 15 is 0 Å². The van der Waals surface area contributed by atoms with E-state index in [1.807, 2.05) is 6.07 Å². The van der Waals surface area contributed by atoms with Crippen molar-refractivity contribution in [3.63, 3.8) is 0 Å². The highest BCUT2D eigenvalue weighted by molar-refractivity contribution is 7.21. The van der Waals surface area contributed by atoms with Crippen LogP contribution in [0.1, 0.15) is 9.67 Å². The van der Waals surface area contributed by atoms with Gasteiger partial charge in [-0.15, -0.1) is 11.3 Å². The summed E-state index contributed by atoms with van der Waals surface area (Å²) in [6.07, 6.45) is 0. The standard InChI is InChI=1S/C20H16FN3O3S/c1-26-15-8-10-7-11-17(22)18(19(25)23-13-6-4-3-5-12(13)21)28-20(11)24-14(10)9-16(15)27-2/h3-9H,22H2,1-2H3,(H,23,25). The van der Waals surface area contributed by atoms with Gasteiger partial charge in [0.05, 0.1) is 31.1 Å². The number of nitrogen functional groups attached to an aromatic ring is 1. The summed E-state index contributed by atoms with van der Waals surface area (Å²) in [6, 6.07) is 11.4. The Kier molecular flexibility index (Phi) is 4.48. The summed E-state index contributed by atoms with van der Waals surface area (Å²) in [7, 11) is 3.11. The molecule has 1 amide bonds. The third-order valence-electron chi connectivity index (χ3n) is 4.35. The Morgan fingerprint density at radius 1 is 1.14 bits per heavy atom. The average Bonchev–Trinajstić information content (AvgIpc) is 3.02. The highest BCUT2D eigenvalue weighted by atomic mass is 32.1. The molecule has 28 heavy (non-hydrogen) atoms. The van der Waals surface area contributed by atoms with Gasteiger partial charge in [0.1, 0.15) is 15.5 Å². The second-order valence-corrected chi connectivity index (χ2v) is 7.02. The highest BCUT2D eigenvalue weighted by Crippen LogP contribution is 2.38. The molecule has 0 spiro atoms. The molecule has 0 saturated carbocycles.